The number of benzene rings is 1. The number of hydrogen-bond acceptors (Lipinski definition) is 7. The van der Waals surface area contributed by atoms with Gasteiger partial charge in [-0.1, -0.05) is 0 Å². The van der Waals surface area contributed by atoms with Gasteiger partial charge in [0.2, 0.25) is 6.41 Å². The molecule has 2 amide bonds. The smallest absolute Gasteiger partial charge is 0.257 e. The van der Waals surface area contributed by atoms with Crippen LogP contribution < -0.4 is 19.7 Å². The number of methoxy groups -OCH3 is 2. The number of nitrogens with one attached hydrogen (secondary N) is 1. The van der Waals surface area contributed by atoms with E-state index in [1.54, 1.807) is 35.2 Å². The molecule has 2 heterocycles. The van der Waals surface area contributed by atoms with E-state index in [-0.39, 0.29) is 5.91 Å². The third-order valence-corrected chi connectivity index (χ3v) is 4.33. The number of rotatable bonds is 6. The van der Waals surface area contributed by atoms with Crippen LogP contribution in [-0.4, -0.2) is 67.8 Å². The lowest BCUT2D eigenvalue weighted by Gasteiger charge is -2.32. The fourth-order valence-corrected chi connectivity index (χ4v) is 2.78. The lowest BCUT2D eigenvalue weighted by molar-refractivity contribution is -0.118. The maximum absolute atomic E-state index is 12.4. The molecule has 1 saturated heterocycles. The van der Waals surface area contributed by atoms with Gasteiger partial charge in [0.15, 0.2) is 23.1 Å². The van der Waals surface area contributed by atoms with Crippen molar-refractivity contribution >= 4 is 24.0 Å². The maximum atomic E-state index is 12.4. The van der Waals surface area contributed by atoms with E-state index in [1.165, 1.54) is 14.2 Å². The summed E-state index contributed by atoms with van der Waals surface area (Å²) in [5, 5.41) is 11.0. The van der Waals surface area contributed by atoms with Crippen LogP contribution in [-0.2, 0) is 4.79 Å². The molecule has 2 aromatic rings. The number of amides is 2. The molecule has 1 N–H and O–H groups in total. The highest BCUT2D eigenvalue weighted by Crippen LogP contribution is 2.27. The Morgan fingerprint density at radius 1 is 1.04 bits per heavy atom. The van der Waals surface area contributed by atoms with E-state index in [4.69, 9.17) is 9.47 Å². The highest BCUT2D eigenvalue weighted by atomic mass is 16.5. The topological polar surface area (TPSA) is 96.9 Å². The molecule has 1 aromatic heterocycles. The lowest BCUT2D eigenvalue weighted by atomic mass is 10.2. The molecule has 27 heavy (non-hydrogen) atoms. The fraction of sp³-hybridized carbons (Fsp3) is 0.333. The average molecular weight is 371 g/mol. The minimum atomic E-state index is -0.322. The van der Waals surface area contributed by atoms with Crippen molar-refractivity contribution in [2.75, 3.05) is 50.6 Å². The molecule has 0 atom stereocenters. The molecule has 0 unspecified atom stereocenters. The number of piperazine rings is 1. The molecule has 1 aromatic carbocycles. The second-order valence-electron chi connectivity index (χ2n) is 5.93. The largest absolute Gasteiger partial charge is 0.493 e. The standard InChI is InChI=1S/C18H21N5O4/c1-26-14-4-3-13(11-15(14)27-2)18(25)19-16-5-6-17(21-20-16)23-9-7-22(12-24)8-10-23/h3-6,11-12H,7-10H2,1-2H3,(H,19,20,25). The molecule has 0 bridgehead atoms. The fourth-order valence-electron chi connectivity index (χ4n) is 2.78. The van der Waals surface area contributed by atoms with E-state index < -0.39 is 0 Å². The summed E-state index contributed by atoms with van der Waals surface area (Å²) >= 11 is 0. The van der Waals surface area contributed by atoms with Crippen molar-refractivity contribution in [1.29, 1.82) is 0 Å². The Hall–Kier alpha value is -3.36. The molecule has 3 rings (SSSR count). The Kier molecular flexibility index (Phi) is 5.70. The molecular weight excluding hydrogens is 350 g/mol. The van der Waals surface area contributed by atoms with Gasteiger partial charge in [0.25, 0.3) is 5.91 Å². The second-order valence-corrected chi connectivity index (χ2v) is 5.93. The van der Waals surface area contributed by atoms with Gasteiger partial charge in [-0.05, 0) is 30.3 Å². The Labute approximate surface area is 156 Å². The first-order valence-electron chi connectivity index (χ1n) is 8.46. The van der Waals surface area contributed by atoms with E-state index in [1.807, 2.05) is 4.90 Å². The Balaban J connectivity index is 1.64. The number of aromatic nitrogens is 2. The SMILES string of the molecule is COc1ccc(C(=O)Nc2ccc(N3CCN(C=O)CC3)nn2)cc1OC. The zero-order chi connectivity index (χ0) is 19.2. The quantitative estimate of drug-likeness (QED) is 0.757. The highest BCUT2D eigenvalue weighted by Gasteiger charge is 2.17. The molecule has 0 aliphatic carbocycles. The van der Waals surface area contributed by atoms with Crippen molar-refractivity contribution < 1.29 is 19.1 Å². The summed E-state index contributed by atoms with van der Waals surface area (Å²) < 4.78 is 10.4. The molecule has 0 radical (unpaired) electrons. The molecular formula is C18H21N5O4. The third kappa shape index (κ3) is 4.25. The number of hydrogen-bond donors (Lipinski definition) is 1. The first kappa shape index (κ1) is 18.4. The Morgan fingerprint density at radius 2 is 1.78 bits per heavy atom. The number of carbonyl (C=O) groups excluding carboxylic acids is 2. The van der Waals surface area contributed by atoms with Crippen LogP contribution in [0.3, 0.4) is 0 Å². The van der Waals surface area contributed by atoms with Crippen LogP contribution in [0.2, 0.25) is 0 Å². The Morgan fingerprint density at radius 3 is 2.37 bits per heavy atom. The van der Waals surface area contributed by atoms with Crippen LogP contribution in [0.25, 0.3) is 0 Å². The predicted molar refractivity (Wildman–Crippen MR) is 99.4 cm³/mol. The lowest BCUT2D eigenvalue weighted by Crippen LogP contribution is -2.46. The van der Waals surface area contributed by atoms with Gasteiger partial charge < -0.3 is 24.6 Å². The normalized spacial score (nSPS) is 13.9. The third-order valence-electron chi connectivity index (χ3n) is 4.33. The van der Waals surface area contributed by atoms with E-state index in [0.717, 1.165) is 6.41 Å². The highest BCUT2D eigenvalue weighted by molar-refractivity contribution is 6.04. The molecule has 0 spiro atoms. The van der Waals surface area contributed by atoms with Crippen molar-refractivity contribution in [3.05, 3.63) is 35.9 Å². The van der Waals surface area contributed by atoms with E-state index in [2.05, 4.69) is 15.5 Å². The number of anilines is 2. The van der Waals surface area contributed by atoms with Gasteiger partial charge in [-0.25, -0.2) is 0 Å². The van der Waals surface area contributed by atoms with Crippen LogP contribution in [0, 0.1) is 0 Å². The van der Waals surface area contributed by atoms with Crippen molar-refractivity contribution in [3.8, 4) is 11.5 Å². The van der Waals surface area contributed by atoms with Gasteiger partial charge >= 0.3 is 0 Å². The molecule has 0 saturated carbocycles. The van der Waals surface area contributed by atoms with Crippen molar-refractivity contribution in [2.45, 2.75) is 0 Å². The van der Waals surface area contributed by atoms with Gasteiger partial charge in [-0.2, -0.15) is 0 Å². The molecule has 1 aliphatic heterocycles. The zero-order valence-electron chi connectivity index (χ0n) is 15.2. The van der Waals surface area contributed by atoms with Crippen LogP contribution >= 0.6 is 0 Å². The van der Waals surface area contributed by atoms with Crippen LogP contribution in [0.1, 0.15) is 10.4 Å². The first-order valence-corrected chi connectivity index (χ1v) is 8.46. The van der Waals surface area contributed by atoms with Gasteiger partial charge in [-0.3, -0.25) is 9.59 Å². The molecule has 1 fully saturated rings. The second kappa shape index (κ2) is 8.35. The minimum Gasteiger partial charge on any atom is -0.493 e. The van der Waals surface area contributed by atoms with Crippen LogP contribution in [0.15, 0.2) is 30.3 Å². The molecule has 1 aliphatic rings. The van der Waals surface area contributed by atoms with E-state index in [0.29, 0.717) is 54.9 Å². The first-order chi connectivity index (χ1) is 13.1. The summed E-state index contributed by atoms with van der Waals surface area (Å²) in [5.41, 5.74) is 0.420. The van der Waals surface area contributed by atoms with Gasteiger partial charge in [0.1, 0.15) is 0 Å². The Bertz CT molecular complexity index is 804. The van der Waals surface area contributed by atoms with E-state index >= 15 is 0 Å². The predicted octanol–water partition coefficient (Wildman–Crippen LogP) is 1.02. The van der Waals surface area contributed by atoms with Crippen LogP contribution in [0.5, 0.6) is 11.5 Å². The van der Waals surface area contributed by atoms with Crippen molar-refractivity contribution in [2.24, 2.45) is 0 Å². The zero-order valence-corrected chi connectivity index (χ0v) is 15.2. The maximum Gasteiger partial charge on any atom is 0.257 e. The number of carbonyl (C=O) groups is 2. The monoisotopic (exact) mass is 371 g/mol. The summed E-state index contributed by atoms with van der Waals surface area (Å²) in [7, 11) is 3.05. The van der Waals surface area contributed by atoms with Crippen molar-refractivity contribution in [1.82, 2.24) is 15.1 Å². The minimum absolute atomic E-state index is 0.322. The van der Waals surface area contributed by atoms with E-state index in [9.17, 15) is 9.59 Å². The summed E-state index contributed by atoms with van der Waals surface area (Å²) in [5.74, 6) is 1.77. The van der Waals surface area contributed by atoms with Gasteiger partial charge in [0.05, 0.1) is 14.2 Å². The summed E-state index contributed by atoms with van der Waals surface area (Å²) in [6.07, 6.45) is 0.857. The van der Waals surface area contributed by atoms with Crippen molar-refractivity contribution in [3.63, 3.8) is 0 Å². The molecule has 142 valence electrons. The average Bonchev–Trinajstić information content (AvgIpc) is 2.73. The molecule has 9 nitrogen and oxygen atoms in total. The number of nitrogens with zero attached hydrogens (tertiary/aromatic N) is 4. The summed E-state index contributed by atoms with van der Waals surface area (Å²) in [4.78, 5) is 27.0. The van der Waals surface area contributed by atoms with Gasteiger partial charge in [-0.15, -0.1) is 10.2 Å². The summed E-state index contributed by atoms with van der Waals surface area (Å²) in [6.45, 7) is 2.71. The molecule has 9 heteroatoms. The summed E-state index contributed by atoms with van der Waals surface area (Å²) in [6, 6.07) is 8.41. The number of ether oxygens (including phenoxy) is 2. The van der Waals surface area contributed by atoms with Gasteiger partial charge in [0, 0.05) is 31.7 Å². The van der Waals surface area contributed by atoms with Crippen LogP contribution in [0.4, 0.5) is 11.6 Å².